The number of carbonyl (C=O) groups excluding carboxylic acids is 1. The van der Waals surface area contributed by atoms with Crippen molar-refractivity contribution >= 4 is 22.6 Å². The Morgan fingerprint density at radius 1 is 1.33 bits per heavy atom. The van der Waals surface area contributed by atoms with E-state index >= 15 is 0 Å². The van der Waals surface area contributed by atoms with Gasteiger partial charge in [-0.25, -0.2) is 4.79 Å². The van der Waals surface area contributed by atoms with E-state index in [1.54, 1.807) is 12.3 Å². The fraction of sp³-hybridized carbons (Fsp3) is 0.125. The van der Waals surface area contributed by atoms with Crippen molar-refractivity contribution in [3.05, 3.63) is 60.2 Å². The molecule has 21 heavy (non-hydrogen) atoms. The van der Waals surface area contributed by atoms with Crippen molar-refractivity contribution < 1.29 is 13.9 Å². The van der Waals surface area contributed by atoms with E-state index in [1.807, 2.05) is 30.3 Å². The minimum Gasteiger partial charge on any atom is -0.467 e. The van der Waals surface area contributed by atoms with Crippen molar-refractivity contribution in [3.63, 3.8) is 0 Å². The molecule has 0 spiro atoms. The third-order valence-corrected chi connectivity index (χ3v) is 3.14. The van der Waals surface area contributed by atoms with Crippen LogP contribution in [0.2, 0.25) is 0 Å². The molecule has 1 aromatic carbocycles. The largest absolute Gasteiger partial charge is 0.467 e. The van der Waals surface area contributed by atoms with E-state index in [9.17, 15) is 4.79 Å². The molecule has 0 amide bonds. The first-order valence-corrected chi connectivity index (χ1v) is 6.50. The number of carbonyl (C=O) groups is 1. The summed E-state index contributed by atoms with van der Waals surface area (Å²) in [5.41, 5.74) is 2.33. The van der Waals surface area contributed by atoms with Gasteiger partial charge in [0, 0.05) is 17.3 Å². The first-order chi connectivity index (χ1) is 10.3. The van der Waals surface area contributed by atoms with E-state index in [0.29, 0.717) is 17.9 Å². The molecule has 0 bridgehead atoms. The second-order valence-corrected chi connectivity index (χ2v) is 4.56. The summed E-state index contributed by atoms with van der Waals surface area (Å²) in [5, 5.41) is 4.32. The molecule has 2 heterocycles. The van der Waals surface area contributed by atoms with Crippen LogP contribution >= 0.6 is 0 Å². The third kappa shape index (κ3) is 2.86. The van der Waals surface area contributed by atoms with E-state index in [2.05, 4.69) is 15.0 Å². The van der Waals surface area contributed by atoms with Gasteiger partial charge in [0.25, 0.3) is 0 Å². The molecular formula is C16H14N2O3. The smallest absolute Gasteiger partial charge is 0.341 e. The molecular weight excluding hydrogens is 268 g/mol. The van der Waals surface area contributed by atoms with E-state index in [-0.39, 0.29) is 0 Å². The van der Waals surface area contributed by atoms with E-state index in [4.69, 9.17) is 4.42 Å². The quantitative estimate of drug-likeness (QED) is 0.744. The predicted molar refractivity (Wildman–Crippen MR) is 79.1 cm³/mol. The molecule has 0 atom stereocenters. The maximum atomic E-state index is 11.3. The average Bonchev–Trinajstić information content (AvgIpc) is 3.01. The highest BCUT2D eigenvalue weighted by Gasteiger charge is 2.09. The molecule has 2 aromatic heterocycles. The number of nitrogens with one attached hydrogen (secondary N) is 1. The first-order valence-electron chi connectivity index (χ1n) is 6.50. The van der Waals surface area contributed by atoms with Gasteiger partial charge in [-0.05, 0) is 30.3 Å². The highest BCUT2D eigenvalue weighted by molar-refractivity contribution is 5.89. The third-order valence-electron chi connectivity index (χ3n) is 3.14. The zero-order chi connectivity index (χ0) is 14.7. The summed E-state index contributed by atoms with van der Waals surface area (Å²) < 4.78 is 9.96. The minimum absolute atomic E-state index is 0.401. The summed E-state index contributed by atoms with van der Waals surface area (Å²) in [6.07, 6.45) is 3.17. The lowest BCUT2D eigenvalue weighted by molar-refractivity contribution is 0.0600. The van der Waals surface area contributed by atoms with Crippen LogP contribution in [-0.4, -0.2) is 18.1 Å². The summed E-state index contributed by atoms with van der Waals surface area (Å²) in [6, 6.07) is 11.5. The lowest BCUT2D eigenvalue weighted by atomic mass is 10.2. The van der Waals surface area contributed by atoms with Crippen molar-refractivity contribution in [1.29, 1.82) is 0 Å². The number of methoxy groups -OCH3 is 1. The molecule has 0 unspecified atom stereocenters. The van der Waals surface area contributed by atoms with Crippen LogP contribution in [0.25, 0.3) is 10.9 Å². The standard InChI is InChI=1S/C16H14N2O3/c1-20-16(19)12-8-14(21-10-12)9-18-13-4-5-15-11(7-13)3-2-6-17-15/h2-8,10,18H,9H2,1H3. The van der Waals surface area contributed by atoms with E-state index in [0.717, 1.165) is 16.6 Å². The number of fused-ring (bicyclic) bond motifs is 1. The lowest BCUT2D eigenvalue weighted by Crippen LogP contribution is -2.00. The maximum absolute atomic E-state index is 11.3. The Morgan fingerprint density at radius 2 is 2.24 bits per heavy atom. The van der Waals surface area contributed by atoms with Crippen molar-refractivity contribution in [2.45, 2.75) is 6.54 Å². The Morgan fingerprint density at radius 3 is 3.10 bits per heavy atom. The predicted octanol–water partition coefficient (Wildman–Crippen LogP) is 3.23. The van der Waals surface area contributed by atoms with Crippen molar-refractivity contribution in [3.8, 4) is 0 Å². The van der Waals surface area contributed by atoms with E-state index in [1.165, 1.54) is 13.4 Å². The monoisotopic (exact) mass is 282 g/mol. The summed E-state index contributed by atoms with van der Waals surface area (Å²) in [5.74, 6) is 0.267. The zero-order valence-electron chi connectivity index (χ0n) is 11.5. The van der Waals surface area contributed by atoms with Gasteiger partial charge < -0.3 is 14.5 Å². The number of anilines is 1. The number of benzene rings is 1. The van der Waals surface area contributed by atoms with Gasteiger partial charge in [0.05, 0.1) is 24.7 Å². The number of ether oxygens (including phenoxy) is 1. The number of nitrogens with zero attached hydrogens (tertiary/aromatic N) is 1. The number of furan rings is 1. The Kier molecular flexibility index (Phi) is 3.55. The topological polar surface area (TPSA) is 64.4 Å². The molecule has 5 heteroatoms. The molecule has 3 aromatic rings. The van der Waals surface area contributed by atoms with Crippen molar-refractivity contribution in [2.24, 2.45) is 0 Å². The van der Waals surface area contributed by atoms with Crippen LogP contribution < -0.4 is 5.32 Å². The zero-order valence-corrected chi connectivity index (χ0v) is 11.5. The van der Waals surface area contributed by atoms with Crippen LogP contribution in [0, 0.1) is 0 Å². The number of rotatable bonds is 4. The van der Waals surface area contributed by atoms with Crippen LogP contribution in [-0.2, 0) is 11.3 Å². The molecule has 5 nitrogen and oxygen atoms in total. The fourth-order valence-electron chi connectivity index (χ4n) is 2.07. The fourth-order valence-corrected chi connectivity index (χ4v) is 2.07. The second-order valence-electron chi connectivity index (χ2n) is 4.56. The number of hydrogen-bond acceptors (Lipinski definition) is 5. The number of hydrogen-bond donors (Lipinski definition) is 1. The highest BCUT2D eigenvalue weighted by Crippen LogP contribution is 2.18. The molecule has 1 N–H and O–H groups in total. The lowest BCUT2D eigenvalue weighted by Gasteiger charge is -2.05. The molecule has 0 saturated carbocycles. The molecule has 0 aliphatic heterocycles. The molecule has 106 valence electrons. The molecule has 3 rings (SSSR count). The van der Waals surface area contributed by atoms with Crippen LogP contribution in [0.4, 0.5) is 5.69 Å². The highest BCUT2D eigenvalue weighted by atomic mass is 16.5. The van der Waals surface area contributed by atoms with Crippen LogP contribution in [0.1, 0.15) is 16.1 Å². The Labute approximate surface area is 121 Å². The summed E-state index contributed by atoms with van der Waals surface area (Å²) >= 11 is 0. The Balaban J connectivity index is 1.71. The summed E-state index contributed by atoms with van der Waals surface area (Å²) in [7, 11) is 1.34. The minimum atomic E-state index is -0.401. The van der Waals surface area contributed by atoms with Gasteiger partial charge >= 0.3 is 5.97 Å². The maximum Gasteiger partial charge on any atom is 0.341 e. The number of aromatic nitrogens is 1. The van der Waals surface area contributed by atoms with Gasteiger partial charge in [0.15, 0.2) is 0 Å². The van der Waals surface area contributed by atoms with Crippen molar-refractivity contribution in [2.75, 3.05) is 12.4 Å². The SMILES string of the molecule is COC(=O)c1coc(CNc2ccc3ncccc3c2)c1. The molecule has 0 fully saturated rings. The van der Waals surface area contributed by atoms with Crippen molar-refractivity contribution in [1.82, 2.24) is 4.98 Å². The molecule has 0 aliphatic rings. The first kappa shape index (κ1) is 13.2. The number of esters is 1. The van der Waals surface area contributed by atoms with Crippen LogP contribution in [0.3, 0.4) is 0 Å². The normalized spacial score (nSPS) is 10.5. The van der Waals surface area contributed by atoms with Gasteiger partial charge in [-0.2, -0.15) is 0 Å². The number of pyridine rings is 1. The molecule has 0 aliphatic carbocycles. The van der Waals surface area contributed by atoms with Gasteiger partial charge in [-0.15, -0.1) is 0 Å². The molecule has 0 saturated heterocycles. The van der Waals surface area contributed by atoms with Gasteiger partial charge in [-0.1, -0.05) is 6.07 Å². The van der Waals surface area contributed by atoms with Crippen LogP contribution in [0.5, 0.6) is 0 Å². The Bertz CT molecular complexity index is 780. The Hall–Kier alpha value is -2.82. The van der Waals surface area contributed by atoms with Gasteiger partial charge in [0.1, 0.15) is 12.0 Å². The van der Waals surface area contributed by atoms with Gasteiger partial charge in [0.2, 0.25) is 0 Å². The van der Waals surface area contributed by atoms with E-state index < -0.39 is 5.97 Å². The van der Waals surface area contributed by atoms with Crippen LogP contribution in [0.15, 0.2) is 53.3 Å². The van der Waals surface area contributed by atoms with Gasteiger partial charge in [-0.3, -0.25) is 4.98 Å². The summed E-state index contributed by atoms with van der Waals surface area (Å²) in [6.45, 7) is 0.489. The summed E-state index contributed by atoms with van der Waals surface area (Å²) in [4.78, 5) is 15.6. The molecule has 0 radical (unpaired) electrons. The second kappa shape index (κ2) is 5.66. The average molecular weight is 282 g/mol.